The maximum absolute atomic E-state index is 10.9. The lowest BCUT2D eigenvalue weighted by Crippen LogP contribution is -2.24. The van der Waals surface area contributed by atoms with Crippen molar-refractivity contribution in [3.05, 3.63) is 29.5 Å². The largest absolute Gasteiger partial charge is 0.223 e. The first-order valence-electron chi connectivity index (χ1n) is 4.94. The molecule has 0 aliphatic carbocycles. The molecule has 0 aliphatic heterocycles. The summed E-state index contributed by atoms with van der Waals surface area (Å²) in [5.41, 5.74) is 0.858. The molecule has 0 atom stereocenters. The van der Waals surface area contributed by atoms with Crippen LogP contribution in [0, 0.1) is 0 Å². The zero-order chi connectivity index (χ0) is 12.3. The van der Waals surface area contributed by atoms with Gasteiger partial charge in [0.15, 0.2) is 0 Å². The van der Waals surface area contributed by atoms with Crippen molar-refractivity contribution in [3.8, 4) is 5.13 Å². The van der Waals surface area contributed by atoms with Gasteiger partial charge in [-0.1, -0.05) is 0 Å². The highest BCUT2D eigenvalue weighted by Gasteiger charge is 2.05. The van der Waals surface area contributed by atoms with Gasteiger partial charge >= 0.3 is 0 Å². The maximum atomic E-state index is 10.9. The van der Waals surface area contributed by atoms with E-state index in [4.69, 9.17) is 0 Å². The summed E-state index contributed by atoms with van der Waals surface area (Å²) in [6.45, 7) is 0.362. The van der Waals surface area contributed by atoms with E-state index < -0.39 is 10.0 Å². The summed E-state index contributed by atoms with van der Waals surface area (Å²) >= 11 is 1.48. The standard InChI is InChI=1S/C9H12N4O2S2/c1-17(14,15)11-5-3-8-7-16-9(12-8)13-6-2-4-10-13/h2,4,6-7,11H,3,5H2,1H3. The van der Waals surface area contributed by atoms with Crippen LogP contribution < -0.4 is 4.72 Å². The molecule has 2 aromatic rings. The molecule has 0 amide bonds. The van der Waals surface area contributed by atoms with Crippen LogP contribution in [0.3, 0.4) is 0 Å². The minimum absolute atomic E-state index is 0.362. The second-order valence-corrected chi connectivity index (χ2v) is 6.16. The fraction of sp³-hybridized carbons (Fsp3) is 0.333. The van der Waals surface area contributed by atoms with Crippen LogP contribution in [0.5, 0.6) is 0 Å². The average molecular weight is 272 g/mol. The van der Waals surface area contributed by atoms with Gasteiger partial charge in [-0.2, -0.15) is 5.10 Å². The summed E-state index contributed by atoms with van der Waals surface area (Å²) in [5, 5.41) is 6.76. The molecule has 0 fully saturated rings. The van der Waals surface area contributed by atoms with Gasteiger partial charge in [-0.3, -0.25) is 0 Å². The number of thiazole rings is 1. The van der Waals surface area contributed by atoms with E-state index in [1.165, 1.54) is 11.3 Å². The lowest BCUT2D eigenvalue weighted by molar-refractivity contribution is 0.587. The van der Waals surface area contributed by atoms with Gasteiger partial charge in [0.25, 0.3) is 0 Å². The lowest BCUT2D eigenvalue weighted by Gasteiger charge is -1.99. The van der Waals surface area contributed by atoms with Crippen molar-refractivity contribution >= 4 is 21.4 Å². The molecular formula is C9H12N4O2S2. The van der Waals surface area contributed by atoms with Gasteiger partial charge in [-0.25, -0.2) is 22.8 Å². The van der Waals surface area contributed by atoms with Crippen molar-refractivity contribution in [1.82, 2.24) is 19.5 Å². The Labute approximate surface area is 103 Å². The van der Waals surface area contributed by atoms with Crippen LogP contribution in [0.4, 0.5) is 0 Å². The van der Waals surface area contributed by atoms with Gasteiger partial charge in [-0.05, 0) is 6.07 Å². The quantitative estimate of drug-likeness (QED) is 0.856. The first kappa shape index (κ1) is 12.2. The number of nitrogens with zero attached hydrogens (tertiary/aromatic N) is 3. The topological polar surface area (TPSA) is 76.9 Å². The first-order valence-corrected chi connectivity index (χ1v) is 7.71. The molecule has 0 aliphatic rings. The third kappa shape index (κ3) is 3.62. The molecule has 17 heavy (non-hydrogen) atoms. The Morgan fingerprint density at radius 1 is 1.53 bits per heavy atom. The van der Waals surface area contributed by atoms with Crippen LogP contribution in [-0.4, -0.2) is 36.0 Å². The van der Waals surface area contributed by atoms with E-state index in [-0.39, 0.29) is 0 Å². The molecule has 2 heterocycles. The second kappa shape index (κ2) is 4.94. The molecule has 0 unspecified atom stereocenters. The number of rotatable bonds is 5. The molecule has 1 N–H and O–H groups in total. The zero-order valence-electron chi connectivity index (χ0n) is 9.20. The Morgan fingerprint density at radius 2 is 2.35 bits per heavy atom. The predicted molar refractivity (Wildman–Crippen MR) is 65.8 cm³/mol. The van der Waals surface area contributed by atoms with Crippen LogP contribution in [0.1, 0.15) is 5.69 Å². The number of hydrogen-bond donors (Lipinski definition) is 1. The first-order chi connectivity index (χ1) is 8.04. The molecule has 2 rings (SSSR count). The molecule has 8 heteroatoms. The molecule has 2 aromatic heterocycles. The van der Waals surface area contributed by atoms with Crippen LogP contribution in [-0.2, 0) is 16.4 Å². The molecule has 6 nitrogen and oxygen atoms in total. The van der Waals surface area contributed by atoms with E-state index in [2.05, 4.69) is 14.8 Å². The number of sulfonamides is 1. The highest BCUT2D eigenvalue weighted by atomic mass is 32.2. The highest BCUT2D eigenvalue weighted by Crippen LogP contribution is 2.13. The minimum atomic E-state index is -3.12. The van der Waals surface area contributed by atoms with Crippen LogP contribution in [0.15, 0.2) is 23.8 Å². The normalized spacial score (nSPS) is 11.8. The third-order valence-corrected chi connectivity index (χ3v) is 3.59. The Balaban J connectivity index is 1.95. The summed E-state index contributed by atoms with van der Waals surface area (Å²) in [4.78, 5) is 4.36. The van der Waals surface area contributed by atoms with E-state index in [1.807, 2.05) is 17.6 Å². The van der Waals surface area contributed by atoms with Crippen molar-refractivity contribution in [2.45, 2.75) is 6.42 Å². The Kier molecular flexibility index (Phi) is 3.55. The van der Waals surface area contributed by atoms with Crippen molar-refractivity contribution in [2.24, 2.45) is 0 Å². The smallest absolute Gasteiger partial charge is 0.210 e. The summed E-state index contributed by atoms with van der Waals surface area (Å²) in [5.74, 6) is 0. The molecule has 92 valence electrons. The Hall–Kier alpha value is -1.25. The maximum Gasteiger partial charge on any atom is 0.210 e. The van der Waals surface area contributed by atoms with E-state index in [9.17, 15) is 8.42 Å². The van der Waals surface area contributed by atoms with Crippen LogP contribution in [0.2, 0.25) is 0 Å². The molecule has 0 saturated heterocycles. The number of hydrogen-bond acceptors (Lipinski definition) is 5. The molecule has 0 saturated carbocycles. The molecule has 0 aromatic carbocycles. The number of aromatic nitrogens is 3. The van der Waals surface area contributed by atoms with Gasteiger partial charge in [0.05, 0.1) is 11.9 Å². The fourth-order valence-corrected chi connectivity index (χ4v) is 2.53. The summed E-state index contributed by atoms with van der Waals surface area (Å²) in [6, 6.07) is 1.83. The number of nitrogens with one attached hydrogen (secondary N) is 1. The summed E-state index contributed by atoms with van der Waals surface area (Å²) in [7, 11) is -3.12. The van der Waals surface area contributed by atoms with Gasteiger partial charge in [0.2, 0.25) is 15.2 Å². The van der Waals surface area contributed by atoms with E-state index in [1.54, 1.807) is 10.9 Å². The van der Waals surface area contributed by atoms with Gasteiger partial charge in [0.1, 0.15) is 0 Å². The zero-order valence-corrected chi connectivity index (χ0v) is 10.8. The predicted octanol–water partition coefficient (Wildman–Crippen LogP) is 0.420. The van der Waals surface area contributed by atoms with Crippen LogP contribution in [0.25, 0.3) is 5.13 Å². The van der Waals surface area contributed by atoms with Crippen molar-refractivity contribution in [2.75, 3.05) is 12.8 Å². The summed E-state index contributed by atoms with van der Waals surface area (Å²) < 4.78 is 25.8. The van der Waals surface area contributed by atoms with Crippen LogP contribution >= 0.6 is 11.3 Å². The van der Waals surface area contributed by atoms with Crippen molar-refractivity contribution < 1.29 is 8.42 Å². The monoisotopic (exact) mass is 272 g/mol. The minimum Gasteiger partial charge on any atom is -0.223 e. The van der Waals surface area contributed by atoms with E-state index in [0.29, 0.717) is 13.0 Å². The molecule has 0 spiro atoms. The average Bonchev–Trinajstić information content (AvgIpc) is 2.83. The molecule has 0 bridgehead atoms. The second-order valence-electron chi connectivity index (χ2n) is 3.49. The van der Waals surface area contributed by atoms with Crippen molar-refractivity contribution in [1.29, 1.82) is 0 Å². The van der Waals surface area contributed by atoms with Gasteiger partial charge in [0, 0.05) is 30.7 Å². The highest BCUT2D eigenvalue weighted by molar-refractivity contribution is 7.88. The SMILES string of the molecule is CS(=O)(=O)NCCc1csc(-n2cccn2)n1. The third-order valence-electron chi connectivity index (χ3n) is 1.99. The summed E-state index contributed by atoms with van der Waals surface area (Å²) in [6.07, 6.45) is 5.22. The van der Waals surface area contributed by atoms with Crippen molar-refractivity contribution in [3.63, 3.8) is 0 Å². The van der Waals surface area contributed by atoms with E-state index >= 15 is 0 Å². The fourth-order valence-electron chi connectivity index (χ4n) is 1.26. The lowest BCUT2D eigenvalue weighted by atomic mass is 10.3. The van der Waals surface area contributed by atoms with E-state index in [0.717, 1.165) is 17.1 Å². The van der Waals surface area contributed by atoms with Gasteiger partial charge in [-0.15, -0.1) is 11.3 Å². The van der Waals surface area contributed by atoms with Gasteiger partial charge < -0.3 is 0 Å². The molecular weight excluding hydrogens is 260 g/mol. The Morgan fingerprint density at radius 3 is 3.00 bits per heavy atom. The molecule has 0 radical (unpaired) electrons. The Bertz CT molecular complexity index is 574.